The molecule has 0 atom stereocenters. The van der Waals surface area contributed by atoms with E-state index >= 15 is 0 Å². The molecule has 1 N–H and O–H groups in total. The van der Waals surface area contributed by atoms with Gasteiger partial charge < -0.3 is 14.8 Å². The Bertz CT molecular complexity index is 1160. The summed E-state index contributed by atoms with van der Waals surface area (Å²) in [4.78, 5) is 16.6. The largest absolute Gasteiger partial charge is 0.497 e. The number of thioether (sulfide) groups is 1. The fourth-order valence-electron chi connectivity index (χ4n) is 2.73. The number of methoxy groups -OCH3 is 2. The maximum Gasteiger partial charge on any atom is 0.230 e. The molecule has 0 aliphatic heterocycles. The first kappa shape index (κ1) is 23.1. The Morgan fingerprint density at radius 1 is 1.13 bits per heavy atom. The molecule has 0 saturated heterocycles. The molecule has 1 heterocycles. The van der Waals surface area contributed by atoms with Gasteiger partial charge in [-0.3, -0.25) is 4.79 Å². The molecule has 0 radical (unpaired) electrons. The van der Waals surface area contributed by atoms with E-state index in [4.69, 9.17) is 9.47 Å². The van der Waals surface area contributed by atoms with Gasteiger partial charge in [0.05, 0.1) is 34.6 Å². The summed E-state index contributed by atoms with van der Waals surface area (Å²) in [5.74, 6) is 1.13. The topological polar surface area (TPSA) is 94.6 Å². The third-order valence-electron chi connectivity index (χ3n) is 4.39. The van der Waals surface area contributed by atoms with E-state index in [1.807, 2.05) is 6.92 Å². The van der Waals surface area contributed by atoms with Gasteiger partial charge in [-0.15, -0.1) is 23.1 Å². The quantitative estimate of drug-likeness (QED) is 0.469. The van der Waals surface area contributed by atoms with Crippen molar-refractivity contribution in [3.8, 4) is 11.5 Å². The minimum atomic E-state index is -3.75. The number of aryl methyl sites for hydroxylation is 1. The van der Waals surface area contributed by atoms with Gasteiger partial charge in [-0.1, -0.05) is 17.7 Å². The lowest BCUT2D eigenvalue weighted by Gasteiger charge is -2.11. The number of nitrogens with one attached hydrogen (secondary N) is 1. The van der Waals surface area contributed by atoms with Gasteiger partial charge in [-0.05, 0) is 37.3 Å². The SMILES string of the molecule is COc1ccc(OC)c(CNC(=O)CSc2scnc2S(=O)(=O)c2ccc(C)cc2)c1. The molecule has 164 valence electrons. The van der Waals surface area contributed by atoms with E-state index in [0.29, 0.717) is 15.7 Å². The predicted octanol–water partition coefficient (Wildman–Crippen LogP) is 3.71. The summed E-state index contributed by atoms with van der Waals surface area (Å²) in [7, 11) is -0.621. The number of hydrogen-bond acceptors (Lipinski definition) is 8. The van der Waals surface area contributed by atoms with Crippen molar-refractivity contribution in [3.63, 3.8) is 0 Å². The van der Waals surface area contributed by atoms with E-state index in [1.165, 1.54) is 16.8 Å². The van der Waals surface area contributed by atoms with Gasteiger partial charge in [-0.2, -0.15) is 0 Å². The lowest BCUT2D eigenvalue weighted by molar-refractivity contribution is -0.118. The van der Waals surface area contributed by atoms with Crippen LogP contribution >= 0.6 is 23.1 Å². The number of hydrogen-bond donors (Lipinski definition) is 1. The van der Waals surface area contributed by atoms with Crippen LogP contribution in [0.5, 0.6) is 11.5 Å². The minimum absolute atomic E-state index is 0.0198. The highest BCUT2D eigenvalue weighted by molar-refractivity contribution is 8.02. The van der Waals surface area contributed by atoms with Crippen molar-refractivity contribution in [3.05, 3.63) is 59.1 Å². The molecule has 1 amide bonds. The normalized spacial score (nSPS) is 11.2. The monoisotopic (exact) mass is 478 g/mol. The van der Waals surface area contributed by atoms with Crippen LogP contribution in [0.3, 0.4) is 0 Å². The van der Waals surface area contributed by atoms with Crippen molar-refractivity contribution >= 4 is 38.8 Å². The van der Waals surface area contributed by atoms with Crippen molar-refractivity contribution in [2.24, 2.45) is 0 Å². The fraction of sp³-hybridized carbons (Fsp3) is 0.238. The number of thiazole rings is 1. The van der Waals surface area contributed by atoms with E-state index in [9.17, 15) is 13.2 Å². The molecule has 1 aromatic heterocycles. The second kappa shape index (κ2) is 10.2. The van der Waals surface area contributed by atoms with Crippen LogP contribution in [0.1, 0.15) is 11.1 Å². The van der Waals surface area contributed by atoms with Gasteiger partial charge >= 0.3 is 0 Å². The second-order valence-corrected chi connectivity index (χ2v) is 10.5. The smallest absolute Gasteiger partial charge is 0.230 e. The summed E-state index contributed by atoms with van der Waals surface area (Å²) in [6.07, 6.45) is 0. The number of amides is 1. The molecular formula is C21H22N2O5S3. The van der Waals surface area contributed by atoms with E-state index in [0.717, 1.165) is 22.9 Å². The molecule has 0 unspecified atom stereocenters. The molecule has 31 heavy (non-hydrogen) atoms. The van der Waals surface area contributed by atoms with Crippen LogP contribution in [-0.4, -0.2) is 39.3 Å². The zero-order valence-electron chi connectivity index (χ0n) is 17.2. The Hall–Kier alpha value is -2.56. The van der Waals surface area contributed by atoms with Crippen LogP contribution in [0.2, 0.25) is 0 Å². The lowest BCUT2D eigenvalue weighted by atomic mass is 10.2. The highest BCUT2D eigenvalue weighted by atomic mass is 32.2. The van der Waals surface area contributed by atoms with E-state index in [2.05, 4.69) is 10.3 Å². The first-order valence-corrected chi connectivity index (χ1v) is 12.6. The van der Waals surface area contributed by atoms with Gasteiger partial charge in [0.2, 0.25) is 15.7 Å². The van der Waals surface area contributed by atoms with Crippen LogP contribution in [0.4, 0.5) is 0 Å². The number of sulfone groups is 1. The third-order valence-corrected chi connectivity index (χ3v) is 8.48. The molecule has 7 nitrogen and oxygen atoms in total. The van der Waals surface area contributed by atoms with E-state index in [1.54, 1.807) is 56.7 Å². The lowest BCUT2D eigenvalue weighted by Crippen LogP contribution is -2.24. The van der Waals surface area contributed by atoms with Crippen molar-refractivity contribution < 1.29 is 22.7 Å². The summed E-state index contributed by atoms with van der Waals surface area (Å²) in [6.45, 7) is 2.15. The second-order valence-electron chi connectivity index (χ2n) is 6.50. The number of ether oxygens (including phenoxy) is 2. The first-order chi connectivity index (χ1) is 14.8. The van der Waals surface area contributed by atoms with Crippen LogP contribution in [0.15, 0.2) is 62.1 Å². The molecule has 3 rings (SSSR count). The highest BCUT2D eigenvalue weighted by Gasteiger charge is 2.25. The number of nitrogens with zero attached hydrogens (tertiary/aromatic N) is 1. The maximum atomic E-state index is 12.9. The number of carbonyl (C=O) groups is 1. The molecule has 10 heteroatoms. The van der Waals surface area contributed by atoms with Gasteiger partial charge in [-0.25, -0.2) is 13.4 Å². The van der Waals surface area contributed by atoms with Gasteiger partial charge in [0.1, 0.15) is 11.5 Å². The van der Waals surface area contributed by atoms with Crippen molar-refractivity contribution in [2.45, 2.75) is 27.6 Å². The molecule has 2 aromatic carbocycles. The number of benzene rings is 2. The third kappa shape index (κ3) is 5.57. The highest BCUT2D eigenvalue weighted by Crippen LogP contribution is 2.33. The first-order valence-electron chi connectivity index (χ1n) is 9.20. The summed E-state index contributed by atoms with van der Waals surface area (Å²) < 4.78 is 36.8. The number of aromatic nitrogens is 1. The van der Waals surface area contributed by atoms with Gasteiger partial charge in [0, 0.05) is 12.1 Å². The van der Waals surface area contributed by atoms with Crippen molar-refractivity contribution in [1.82, 2.24) is 10.3 Å². The standard InChI is InChI=1S/C21H22N2O5S3/c1-14-4-7-17(8-5-14)31(25,26)20-21(30-13-23-20)29-12-19(24)22-11-15-10-16(27-2)6-9-18(15)28-3/h4-10,13H,11-12H2,1-3H3,(H,22,24). The minimum Gasteiger partial charge on any atom is -0.497 e. The van der Waals surface area contributed by atoms with Crippen molar-refractivity contribution in [2.75, 3.05) is 20.0 Å². The summed E-state index contributed by atoms with van der Waals surface area (Å²) >= 11 is 2.35. The predicted molar refractivity (Wildman–Crippen MR) is 121 cm³/mol. The number of carbonyl (C=O) groups excluding carboxylic acids is 1. The molecular weight excluding hydrogens is 456 g/mol. The Labute approximate surface area is 189 Å². The summed E-state index contributed by atoms with van der Waals surface area (Å²) in [6, 6.07) is 12.0. The Morgan fingerprint density at radius 2 is 1.87 bits per heavy atom. The van der Waals surface area contributed by atoms with Crippen LogP contribution in [-0.2, 0) is 21.2 Å². The molecule has 0 aliphatic carbocycles. The molecule has 0 bridgehead atoms. The molecule has 3 aromatic rings. The maximum absolute atomic E-state index is 12.9. The van der Waals surface area contributed by atoms with Gasteiger partial charge in [0.15, 0.2) is 5.03 Å². The average molecular weight is 479 g/mol. The van der Waals surface area contributed by atoms with Crippen LogP contribution < -0.4 is 14.8 Å². The van der Waals surface area contributed by atoms with E-state index in [-0.39, 0.29) is 28.1 Å². The van der Waals surface area contributed by atoms with E-state index < -0.39 is 9.84 Å². The summed E-state index contributed by atoms with van der Waals surface area (Å²) in [5.41, 5.74) is 3.22. The zero-order chi connectivity index (χ0) is 22.4. The molecule has 0 saturated carbocycles. The van der Waals surface area contributed by atoms with Crippen LogP contribution in [0, 0.1) is 6.92 Å². The Morgan fingerprint density at radius 3 is 2.55 bits per heavy atom. The summed E-state index contributed by atoms with van der Waals surface area (Å²) in [5, 5.41) is 2.80. The zero-order valence-corrected chi connectivity index (χ0v) is 19.7. The van der Waals surface area contributed by atoms with Crippen LogP contribution in [0.25, 0.3) is 0 Å². The molecule has 0 aliphatic rings. The molecule has 0 fully saturated rings. The number of rotatable bonds is 9. The van der Waals surface area contributed by atoms with Crippen molar-refractivity contribution in [1.29, 1.82) is 0 Å². The molecule has 0 spiro atoms. The average Bonchev–Trinajstić information content (AvgIpc) is 3.26. The Balaban J connectivity index is 1.65. The van der Waals surface area contributed by atoms with Gasteiger partial charge in [0.25, 0.3) is 0 Å². The fourth-order valence-corrected chi connectivity index (χ4v) is 6.43. The Kier molecular flexibility index (Phi) is 7.58.